The number of sulfonamides is 1. The van der Waals surface area contributed by atoms with E-state index in [1.165, 1.54) is 0 Å². The first-order valence-electron chi connectivity index (χ1n) is 11.0. The molecule has 2 aromatic rings. The molecule has 1 unspecified atom stereocenters. The smallest absolute Gasteiger partial charge is 0.399 e. The van der Waals surface area contributed by atoms with E-state index in [0.29, 0.717) is 5.56 Å². The van der Waals surface area contributed by atoms with Gasteiger partial charge in [-0.05, 0) is 17.7 Å². The summed E-state index contributed by atoms with van der Waals surface area (Å²) in [5, 5.41) is 32.4. The third-order valence-corrected chi connectivity index (χ3v) is 6.56. The normalized spacial score (nSPS) is 13.1. The van der Waals surface area contributed by atoms with Crippen LogP contribution in [0.4, 0.5) is 0 Å². The van der Waals surface area contributed by atoms with Crippen LogP contribution >= 0.6 is 0 Å². The van der Waals surface area contributed by atoms with Gasteiger partial charge in [-0.3, -0.25) is 29.7 Å². The Bertz CT molecular complexity index is 1470. The van der Waals surface area contributed by atoms with Gasteiger partial charge in [0.1, 0.15) is 11.8 Å². The molecule has 218 valence electrons. The van der Waals surface area contributed by atoms with Crippen molar-refractivity contribution in [1.29, 1.82) is 5.41 Å². The Morgan fingerprint density at radius 2 is 1.70 bits per heavy atom. The summed E-state index contributed by atoms with van der Waals surface area (Å²) in [6.07, 6.45) is -1.93. The first-order valence-corrected chi connectivity index (χ1v) is 14.0. The summed E-state index contributed by atoms with van der Waals surface area (Å²) in [4.78, 5) is 37.4. The Balaban J connectivity index is 2.08. The molecule has 17 nitrogen and oxygen atoms in total. The molecule has 0 saturated heterocycles. The van der Waals surface area contributed by atoms with Gasteiger partial charge in [0.25, 0.3) is 5.91 Å². The van der Waals surface area contributed by atoms with Gasteiger partial charge in [-0.15, -0.1) is 0 Å². The summed E-state index contributed by atoms with van der Waals surface area (Å²) < 4.78 is 62.5. The number of aliphatic hydroxyl groups excluding tert-OH is 1. The number of aromatic hydroxyl groups is 1. The van der Waals surface area contributed by atoms with Crippen LogP contribution in [0.2, 0.25) is 0 Å². The summed E-state index contributed by atoms with van der Waals surface area (Å²) >= 11 is 0. The highest BCUT2D eigenvalue weighted by Crippen LogP contribution is 2.25. The van der Waals surface area contributed by atoms with Crippen molar-refractivity contribution < 1.29 is 50.2 Å². The molecule has 2 rings (SSSR count). The van der Waals surface area contributed by atoms with Gasteiger partial charge >= 0.3 is 10.4 Å². The molecule has 10 N–H and O–H groups in total. The largest absolute Gasteiger partial charge is 0.508 e. The molecular formula is C21H26N6O11S2. The second kappa shape index (κ2) is 13.8. The number of hydrogen-bond donors (Lipinski definition) is 9. The molecule has 0 heterocycles. The van der Waals surface area contributed by atoms with E-state index in [-0.39, 0.29) is 5.56 Å². The quantitative estimate of drug-likeness (QED) is 0.0498. The predicted molar refractivity (Wildman–Crippen MR) is 137 cm³/mol. The standard InChI is InChI=1S/C21H26N6O11S2/c22-21(23)26-20(38-40(35,36)37)14-7-6-13(29)8-15(14)18(31)25-17(30)9-24-19(32)16(10-28)27-39(33,34)11-12-4-2-1-3-5-12/h1-8,16,20,27-29H,9-11H2,(H,24,32)(H4,22,23,26)(H,25,30,31)(H,35,36,37)/t16-,20?/m0/s1. The Kier molecular flexibility index (Phi) is 11.0. The zero-order valence-electron chi connectivity index (χ0n) is 20.4. The molecule has 0 aliphatic carbocycles. The van der Waals surface area contributed by atoms with Gasteiger partial charge < -0.3 is 26.6 Å². The Morgan fingerprint density at radius 1 is 1.05 bits per heavy atom. The molecule has 0 saturated carbocycles. The van der Waals surface area contributed by atoms with Gasteiger partial charge in [-0.2, -0.15) is 8.42 Å². The third kappa shape index (κ3) is 10.6. The second-order valence-corrected chi connectivity index (χ2v) is 10.7. The fourth-order valence-corrected chi connectivity index (χ4v) is 4.87. The first-order chi connectivity index (χ1) is 18.6. The molecule has 40 heavy (non-hydrogen) atoms. The maximum absolute atomic E-state index is 12.7. The third-order valence-electron chi connectivity index (χ3n) is 4.76. The average molecular weight is 603 g/mol. The van der Waals surface area contributed by atoms with E-state index in [9.17, 15) is 41.4 Å². The number of phenols is 1. The molecule has 0 radical (unpaired) electrons. The molecule has 0 bridgehead atoms. The number of nitrogens with one attached hydrogen (secondary N) is 5. The minimum absolute atomic E-state index is 0.381. The molecule has 0 aliphatic heterocycles. The van der Waals surface area contributed by atoms with Crippen LogP contribution in [-0.4, -0.2) is 74.5 Å². The lowest BCUT2D eigenvalue weighted by molar-refractivity contribution is -0.127. The Hall–Kier alpha value is -4.14. The molecular weight excluding hydrogens is 576 g/mol. The van der Waals surface area contributed by atoms with E-state index in [1.54, 1.807) is 30.3 Å². The van der Waals surface area contributed by atoms with E-state index in [1.807, 2.05) is 20.7 Å². The number of carbonyl (C=O) groups is 3. The van der Waals surface area contributed by atoms with Crippen molar-refractivity contribution in [3.05, 3.63) is 65.2 Å². The van der Waals surface area contributed by atoms with Gasteiger partial charge in [0.15, 0.2) is 12.2 Å². The SMILES string of the molecule is N=C(N)NC(OS(=O)(=O)O)c1ccc(O)cc1C(=O)NC(=O)CNC(=O)[C@H](CO)NS(=O)(=O)Cc1ccccc1. The number of carbonyl (C=O) groups excluding carboxylic acids is 3. The molecule has 0 aliphatic rings. The van der Waals surface area contributed by atoms with E-state index in [0.717, 1.165) is 18.2 Å². The van der Waals surface area contributed by atoms with Gasteiger partial charge in [0.05, 0.1) is 24.5 Å². The van der Waals surface area contributed by atoms with Gasteiger partial charge in [-0.25, -0.2) is 17.3 Å². The van der Waals surface area contributed by atoms with Crippen molar-refractivity contribution in [1.82, 2.24) is 20.7 Å². The summed E-state index contributed by atoms with van der Waals surface area (Å²) in [7, 11) is -9.22. The number of aliphatic hydroxyl groups is 1. The van der Waals surface area contributed by atoms with E-state index < -0.39 is 86.6 Å². The maximum atomic E-state index is 12.7. The Labute approximate surface area is 228 Å². The fraction of sp³-hybridized carbons (Fsp3) is 0.238. The van der Waals surface area contributed by atoms with Crippen molar-refractivity contribution in [2.45, 2.75) is 18.0 Å². The van der Waals surface area contributed by atoms with Crippen molar-refractivity contribution >= 4 is 44.1 Å². The Morgan fingerprint density at radius 3 is 2.27 bits per heavy atom. The topological polar surface area (TPSA) is 287 Å². The van der Waals surface area contributed by atoms with Crippen LogP contribution in [0, 0.1) is 5.41 Å². The average Bonchev–Trinajstić information content (AvgIpc) is 2.84. The zero-order valence-corrected chi connectivity index (χ0v) is 22.0. The minimum Gasteiger partial charge on any atom is -0.508 e. The lowest BCUT2D eigenvalue weighted by atomic mass is 10.0. The fourth-order valence-electron chi connectivity index (χ4n) is 3.14. The van der Waals surface area contributed by atoms with Crippen molar-refractivity contribution in [3.8, 4) is 5.75 Å². The number of rotatable bonds is 13. The zero-order chi connectivity index (χ0) is 30.1. The van der Waals surface area contributed by atoms with Gasteiger partial charge in [0.2, 0.25) is 21.8 Å². The lowest BCUT2D eigenvalue weighted by Gasteiger charge is -2.20. The van der Waals surface area contributed by atoms with E-state index >= 15 is 0 Å². The summed E-state index contributed by atoms with van der Waals surface area (Å²) in [5.41, 5.74) is 4.66. The van der Waals surface area contributed by atoms with E-state index in [2.05, 4.69) is 4.18 Å². The highest BCUT2D eigenvalue weighted by atomic mass is 32.3. The lowest BCUT2D eigenvalue weighted by Crippen LogP contribution is -2.51. The second-order valence-electron chi connectivity index (χ2n) is 7.93. The number of guanidine groups is 1. The highest BCUT2D eigenvalue weighted by Gasteiger charge is 2.27. The molecule has 19 heteroatoms. The first kappa shape index (κ1) is 32.1. The number of phenolic OH excluding ortho intramolecular Hbond substituents is 1. The highest BCUT2D eigenvalue weighted by molar-refractivity contribution is 7.88. The monoisotopic (exact) mass is 602 g/mol. The molecule has 0 fully saturated rings. The van der Waals surface area contributed by atoms with Gasteiger partial charge in [0, 0.05) is 5.56 Å². The number of benzene rings is 2. The molecule has 2 atom stereocenters. The number of amides is 3. The minimum atomic E-state index is -5.15. The maximum Gasteiger partial charge on any atom is 0.399 e. The predicted octanol–water partition coefficient (Wildman–Crippen LogP) is -2.45. The van der Waals surface area contributed by atoms with Crippen LogP contribution in [0.3, 0.4) is 0 Å². The molecule has 0 spiro atoms. The summed E-state index contributed by atoms with van der Waals surface area (Å²) in [6.45, 7) is -1.82. The molecule has 2 aromatic carbocycles. The van der Waals surface area contributed by atoms with Crippen LogP contribution in [-0.2, 0) is 39.9 Å². The van der Waals surface area contributed by atoms with E-state index in [4.69, 9.17) is 15.7 Å². The van der Waals surface area contributed by atoms with Crippen LogP contribution in [0.1, 0.15) is 27.7 Å². The van der Waals surface area contributed by atoms with Gasteiger partial charge in [-0.1, -0.05) is 36.4 Å². The number of nitrogens with two attached hydrogens (primary N) is 1. The molecule has 3 amide bonds. The van der Waals surface area contributed by atoms with Crippen molar-refractivity contribution in [2.75, 3.05) is 13.2 Å². The van der Waals surface area contributed by atoms with Crippen molar-refractivity contribution in [2.24, 2.45) is 5.73 Å². The van der Waals surface area contributed by atoms with Crippen LogP contribution in [0.5, 0.6) is 5.75 Å². The number of hydrogen-bond acceptors (Lipinski definition) is 11. The number of imide groups is 1. The summed E-state index contributed by atoms with van der Waals surface area (Å²) in [6, 6.07) is 9.12. The van der Waals surface area contributed by atoms with Crippen molar-refractivity contribution in [3.63, 3.8) is 0 Å². The van der Waals surface area contributed by atoms with Crippen LogP contribution < -0.4 is 26.4 Å². The molecule has 0 aromatic heterocycles. The van der Waals surface area contributed by atoms with Crippen LogP contribution in [0.15, 0.2) is 48.5 Å². The van der Waals surface area contributed by atoms with Crippen LogP contribution in [0.25, 0.3) is 0 Å². The summed E-state index contributed by atoms with van der Waals surface area (Å²) in [5.74, 6) is -5.28.